The minimum atomic E-state index is -5.69. The molecule has 2 atom stereocenters. The average molecular weight is 693 g/mol. The van der Waals surface area contributed by atoms with Gasteiger partial charge in [-0.2, -0.15) is 26.3 Å². The van der Waals surface area contributed by atoms with Crippen molar-refractivity contribution in [3.8, 4) is 11.5 Å². The summed E-state index contributed by atoms with van der Waals surface area (Å²) < 4.78 is 114. The van der Waals surface area contributed by atoms with Gasteiger partial charge in [0.2, 0.25) is 5.41 Å². The summed E-state index contributed by atoms with van der Waals surface area (Å²) in [6.45, 7) is 3.47. The molecule has 0 N–H and O–H groups in total. The van der Waals surface area contributed by atoms with Crippen molar-refractivity contribution >= 4 is 0 Å². The molecule has 0 spiro atoms. The Kier molecular flexibility index (Phi) is 8.10. The first-order valence-corrected chi connectivity index (χ1v) is 18.2. The van der Waals surface area contributed by atoms with Crippen LogP contribution in [0.25, 0.3) is 0 Å². The SMILES string of the molecule is CC(Oc1ccc(C(c2ccc(OC(C)OC34CC5CC(CC(C5)C3)C4)cc2)(C(F)(F)F)C(F)(F)F)cc1)OC12CC3CC(CC(C3)C1)C2. The predicted molar refractivity (Wildman–Crippen MR) is 170 cm³/mol. The van der Waals surface area contributed by atoms with E-state index in [0.717, 1.165) is 62.8 Å². The molecule has 10 rings (SSSR count). The number of ether oxygens (including phenoxy) is 4. The topological polar surface area (TPSA) is 36.9 Å². The van der Waals surface area contributed by atoms with E-state index in [0.29, 0.717) is 35.5 Å². The lowest BCUT2D eigenvalue weighted by Crippen LogP contribution is -2.54. The van der Waals surface area contributed by atoms with E-state index in [1.807, 2.05) is 0 Å². The van der Waals surface area contributed by atoms with Crippen LogP contribution < -0.4 is 9.47 Å². The molecule has 0 heterocycles. The average Bonchev–Trinajstić information content (AvgIpc) is 2.96. The number of hydrogen-bond acceptors (Lipinski definition) is 4. The minimum absolute atomic E-state index is 0.149. The molecule has 4 nitrogen and oxygen atoms in total. The van der Waals surface area contributed by atoms with Crippen molar-refractivity contribution in [2.75, 3.05) is 0 Å². The zero-order valence-electron chi connectivity index (χ0n) is 28.1. The molecule has 49 heavy (non-hydrogen) atoms. The first-order chi connectivity index (χ1) is 23.1. The van der Waals surface area contributed by atoms with Gasteiger partial charge in [-0.1, -0.05) is 24.3 Å². The summed E-state index contributed by atoms with van der Waals surface area (Å²) >= 11 is 0. The Morgan fingerprint density at radius 3 is 1.00 bits per heavy atom. The molecule has 268 valence electrons. The number of hydrogen-bond donors (Lipinski definition) is 0. The number of benzene rings is 2. The van der Waals surface area contributed by atoms with Gasteiger partial charge in [0.1, 0.15) is 11.5 Å². The van der Waals surface area contributed by atoms with Gasteiger partial charge >= 0.3 is 12.4 Å². The summed E-state index contributed by atoms with van der Waals surface area (Å²) in [5.41, 5.74) is -6.67. The van der Waals surface area contributed by atoms with Crippen LogP contribution in [0.5, 0.6) is 11.5 Å². The van der Waals surface area contributed by atoms with E-state index in [1.165, 1.54) is 62.8 Å². The van der Waals surface area contributed by atoms with Crippen LogP contribution in [-0.2, 0) is 14.9 Å². The van der Waals surface area contributed by atoms with Gasteiger partial charge in [-0.05, 0) is 162 Å². The van der Waals surface area contributed by atoms with Gasteiger partial charge < -0.3 is 18.9 Å². The maximum absolute atomic E-state index is 14.9. The lowest BCUT2D eigenvalue weighted by Gasteiger charge is -2.56. The van der Waals surface area contributed by atoms with E-state index in [-0.39, 0.29) is 22.7 Å². The van der Waals surface area contributed by atoms with Crippen LogP contribution in [-0.4, -0.2) is 36.1 Å². The van der Waals surface area contributed by atoms with Crippen molar-refractivity contribution in [2.24, 2.45) is 35.5 Å². The fraction of sp³-hybridized carbons (Fsp3) is 0.692. The Labute approximate surface area is 284 Å². The summed E-state index contributed by atoms with van der Waals surface area (Å²) in [6, 6.07) is 8.12. The maximum Gasteiger partial charge on any atom is 0.411 e. The molecule has 10 heteroatoms. The van der Waals surface area contributed by atoms with Crippen LogP contribution in [0.4, 0.5) is 26.3 Å². The van der Waals surface area contributed by atoms with Crippen molar-refractivity contribution in [2.45, 2.75) is 132 Å². The fourth-order valence-corrected chi connectivity index (χ4v) is 12.0. The maximum atomic E-state index is 14.9. The Morgan fingerprint density at radius 1 is 0.490 bits per heavy atom. The smallest absolute Gasteiger partial charge is 0.411 e. The Morgan fingerprint density at radius 2 is 0.755 bits per heavy atom. The van der Waals surface area contributed by atoms with Gasteiger partial charge in [-0.15, -0.1) is 0 Å². The van der Waals surface area contributed by atoms with Gasteiger partial charge in [0.25, 0.3) is 0 Å². The quantitative estimate of drug-likeness (QED) is 0.184. The largest absolute Gasteiger partial charge is 0.465 e. The van der Waals surface area contributed by atoms with E-state index in [1.54, 1.807) is 13.8 Å². The third-order valence-corrected chi connectivity index (χ3v) is 12.8. The molecule has 8 aliphatic rings. The number of alkyl halides is 6. The summed E-state index contributed by atoms with van der Waals surface area (Å²) in [4.78, 5) is 0. The van der Waals surface area contributed by atoms with Crippen LogP contribution in [0.2, 0.25) is 0 Å². The summed E-state index contributed by atoms with van der Waals surface area (Å²) in [5.74, 6) is 4.21. The molecule has 8 fully saturated rings. The van der Waals surface area contributed by atoms with Crippen LogP contribution >= 0.6 is 0 Å². The van der Waals surface area contributed by atoms with E-state index >= 15 is 0 Å². The minimum Gasteiger partial charge on any atom is -0.465 e. The van der Waals surface area contributed by atoms with Crippen molar-refractivity contribution in [1.29, 1.82) is 0 Å². The Balaban J connectivity index is 0.981. The van der Waals surface area contributed by atoms with Crippen molar-refractivity contribution in [3.05, 3.63) is 59.7 Å². The molecule has 0 amide bonds. The lowest BCUT2D eigenvalue weighted by atomic mass is 9.54. The molecular weight excluding hydrogens is 646 g/mol. The molecule has 0 saturated heterocycles. The Hall–Kier alpha value is -2.46. The third kappa shape index (κ3) is 6.04. The normalized spacial score (nSPS) is 36.2. The standard InChI is InChI=1S/C39H46F6O4/c1-23(48-35-17-25-11-26(18-35)13-27(12-25)19-35)46-33-7-3-31(4-8-33)37(38(40,41)42,39(43,44)45)32-5-9-34(10-6-32)47-24(2)49-36-20-28-14-29(21-36)16-30(15-28)22-36/h3-10,23-30H,11-22H2,1-2H3. The highest BCUT2D eigenvalue weighted by molar-refractivity contribution is 5.47. The van der Waals surface area contributed by atoms with Crippen molar-refractivity contribution < 1.29 is 45.3 Å². The monoisotopic (exact) mass is 692 g/mol. The molecule has 8 bridgehead atoms. The van der Waals surface area contributed by atoms with E-state index in [9.17, 15) is 26.3 Å². The molecule has 0 aliphatic heterocycles. The van der Waals surface area contributed by atoms with Gasteiger partial charge in [0.05, 0.1) is 11.2 Å². The number of halogens is 6. The summed E-state index contributed by atoms with van der Waals surface area (Å²) in [7, 11) is 0. The van der Waals surface area contributed by atoms with Gasteiger partial charge in [0.15, 0.2) is 12.6 Å². The summed E-state index contributed by atoms with van der Waals surface area (Å²) in [5, 5.41) is 0. The van der Waals surface area contributed by atoms with E-state index in [2.05, 4.69) is 0 Å². The fourth-order valence-electron chi connectivity index (χ4n) is 12.0. The highest BCUT2D eigenvalue weighted by atomic mass is 19.4. The zero-order valence-corrected chi connectivity index (χ0v) is 28.1. The van der Waals surface area contributed by atoms with Crippen molar-refractivity contribution in [1.82, 2.24) is 0 Å². The second kappa shape index (κ2) is 11.8. The van der Waals surface area contributed by atoms with E-state index < -0.39 is 41.5 Å². The zero-order chi connectivity index (χ0) is 34.4. The molecule has 8 saturated carbocycles. The highest BCUT2D eigenvalue weighted by Crippen LogP contribution is 2.59. The van der Waals surface area contributed by atoms with Gasteiger partial charge in [-0.3, -0.25) is 0 Å². The highest BCUT2D eigenvalue weighted by Gasteiger charge is 2.72. The lowest BCUT2D eigenvalue weighted by molar-refractivity contribution is -0.288. The second-order valence-electron chi connectivity index (χ2n) is 16.6. The van der Waals surface area contributed by atoms with Crippen LogP contribution in [0.3, 0.4) is 0 Å². The van der Waals surface area contributed by atoms with Crippen LogP contribution in [0.1, 0.15) is 102 Å². The molecule has 8 aliphatic carbocycles. The molecule has 2 aromatic rings. The van der Waals surface area contributed by atoms with Crippen LogP contribution in [0, 0.1) is 35.5 Å². The third-order valence-electron chi connectivity index (χ3n) is 12.8. The first kappa shape index (κ1) is 33.7. The van der Waals surface area contributed by atoms with Gasteiger partial charge in [0, 0.05) is 0 Å². The Bertz CT molecular complexity index is 1320. The molecule has 0 aromatic heterocycles. The van der Waals surface area contributed by atoms with Gasteiger partial charge in [-0.25, -0.2) is 0 Å². The molecular formula is C39H46F6O4. The number of rotatable bonds is 10. The first-order valence-electron chi connectivity index (χ1n) is 18.2. The van der Waals surface area contributed by atoms with Crippen molar-refractivity contribution in [3.63, 3.8) is 0 Å². The summed E-state index contributed by atoms with van der Waals surface area (Å²) in [6.07, 6.45) is 0.515. The predicted octanol–water partition coefficient (Wildman–Crippen LogP) is 10.5. The van der Waals surface area contributed by atoms with Crippen LogP contribution in [0.15, 0.2) is 48.5 Å². The molecule has 2 unspecified atom stereocenters. The van der Waals surface area contributed by atoms with E-state index in [4.69, 9.17) is 18.9 Å². The molecule has 2 aromatic carbocycles. The second-order valence-corrected chi connectivity index (χ2v) is 16.6. The molecule has 0 radical (unpaired) electrons.